The van der Waals surface area contributed by atoms with Gasteiger partial charge in [0.15, 0.2) is 0 Å². The van der Waals surface area contributed by atoms with Crippen LogP contribution in [-0.2, 0) is 4.74 Å². The third-order valence-electron chi connectivity index (χ3n) is 2.49. The van der Waals surface area contributed by atoms with Gasteiger partial charge in [0.1, 0.15) is 5.76 Å². The van der Waals surface area contributed by atoms with E-state index >= 15 is 0 Å². The second kappa shape index (κ2) is 6.59. The van der Waals surface area contributed by atoms with E-state index in [2.05, 4.69) is 24.4 Å². The first-order valence-corrected chi connectivity index (χ1v) is 6.20. The van der Waals surface area contributed by atoms with E-state index in [1.165, 1.54) is 6.42 Å². The Morgan fingerprint density at radius 3 is 2.75 bits per heavy atom. The molecule has 0 saturated carbocycles. The monoisotopic (exact) mass is 224 g/mol. The summed E-state index contributed by atoms with van der Waals surface area (Å²) < 4.78 is 5.63. The zero-order valence-corrected chi connectivity index (χ0v) is 10.6. The van der Waals surface area contributed by atoms with Gasteiger partial charge < -0.3 is 15.8 Å². The molecule has 0 spiro atoms. The lowest BCUT2D eigenvalue weighted by Gasteiger charge is -2.11. The van der Waals surface area contributed by atoms with E-state index in [9.17, 15) is 0 Å². The zero-order valence-electron chi connectivity index (χ0n) is 10.6. The first kappa shape index (κ1) is 13.1. The molecule has 3 N–H and O–H groups in total. The summed E-state index contributed by atoms with van der Waals surface area (Å²) in [5.41, 5.74) is 6.68. The molecule has 16 heavy (non-hydrogen) atoms. The summed E-state index contributed by atoms with van der Waals surface area (Å²) in [7, 11) is 0. The number of hydrogen-bond donors (Lipinski definition) is 2. The number of ether oxygens (including phenoxy) is 1. The van der Waals surface area contributed by atoms with E-state index in [0.29, 0.717) is 5.92 Å². The molecular weight excluding hydrogens is 200 g/mol. The zero-order chi connectivity index (χ0) is 12.0. The van der Waals surface area contributed by atoms with Gasteiger partial charge >= 0.3 is 0 Å². The van der Waals surface area contributed by atoms with Crippen LogP contribution in [0, 0.1) is 5.92 Å². The molecule has 0 aromatic rings. The molecule has 0 heterocycles. The van der Waals surface area contributed by atoms with Crippen LogP contribution >= 0.6 is 0 Å². The molecule has 0 amide bonds. The van der Waals surface area contributed by atoms with Gasteiger partial charge in [-0.2, -0.15) is 0 Å². The second-order valence-corrected chi connectivity index (χ2v) is 4.52. The van der Waals surface area contributed by atoms with Crippen LogP contribution in [0.4, 0.5) is 0 Å². The van der Waals surface area contributed by atoms with Crippen molar-refractivity contribution in [3.8, 4) is 0 Å². The van der Waals surface area contributed by atoms with Crippen molar-refractivity contribution in [1.82, 2.24) is 5.32 Å². The van der Waals surface area contributed by atoms with Gasteiger partial charge in [-0.25, -0.2) is 0 Å². The molecule has 3 nitrogen and oxygen atoms in total. The van der Waals surface area contributed by atoms with Crippen LogP contribution in [0.15, 0.2) is 23.6 Å². The van der Waals surface area contributed by atoms with Gasteiger partial charge in [0.25, 0.3) is 0 Å². The van der Waals surface area contributed by atoms with Crippen molar-refractivity contribution in [3.63, 3.8) is 0 Å². The van der Waals surface area contributed by atoms with Crippen LogP contribution in [0.25, 0.3) is 0 Å². The maximum atomic E-state index is 5.90. The number of allylic oxidation sites excluding steroid dienone is 2. The van der Waals surface area contributed by atoms with Crippen molar-refractivity contribution in [3.05, 3.63) is 23.6 Å². The van der Waals surface area contributed by atoms with Crippen LogP contribution in [0.1, 0.15) is 33.6 Å². The predicted molar refractivity (Wildman–Crippen MR) is 67.8 cm³/mol. The van der Waals surface area contributed by atoms with Crippen LogP contribution in [-0.4, -0.2) is 19.2 Å². The average Bonchev–Trinajstić information content (AvgIpc) is 2.54. The van der Waals surface area contributed by atoms with Gasteiger partial charge in [-0.1, -0.05) is 13.0 Å². The fourth-order valence-electron chi connectivity index (χ4n) is 1.75. The fraction of sp³-hybridized carbons (Fsp3) is 0.692. The van der Waals surface area contributed by atoms with Crippen LogP contribution in [0.2, 0.25) is 0 Å². The Bertz CT molecular complexity index is 269. The van der Waals surface area contributed by atoms with E-state index in [1.54, 1.807) is 0 Å². The van der Waals surface area contributed by atoms with Crippen molar-refractivity contribution >= 4 is 0 Å². The maximum Gasteiger partial charge on any atom is 0.138 e. The van der Waals surface area contributed by atoms with E-state index in [-0.39, 0.29) is 6.10 Å². The minimum atomic E-state index is 0.190. The number of nitrogens with one attached hydrogen (secondary N) is 1. The summed E-state index contributed by atoms with van der Waals surface area (Å²) >= 11 is 0. The summed E-state index contributed by atoms with van der Waals surface area (Å²) in [6, 6.07) is 0. The van der Waals surface area contributed by atoms with Crippen LogP contribution in [0.3, 0.4) is 0 Å². The highest BCUT2D eigenvalue weighted by Crippen LogP contribution is 2.24. The molecule has 1 aliphatic carbocycles. The lowest BCUT2D eigenvalue weighted by Crippen LogP contribution is -2.17. The second-order valence-electron chi connectivity index (χ2n) is 4.52. The van der Waals surface area contributed by atoms with E-state index < -0.39 is 0 Å². The molecule has 3 heteroatoms. The number of rotatable bonds is 7. The van der Waals surface area contributed by atoms with E-state index in [4.69, 9.17) is 10.5 Å². The molecule has 0 bridgehead atoms. The van der Waals surface area contributed by atoms with Crippen LogP contribution in [0.5, 0.6) is 0 Å². The first-order chi connectivity index (χ1) is 7.63. The highest BCUT2D eigenvalue weighted by atomic mass is 16.5. The lowest BCUT2D eigenvalue weighted by molar-refractivity contribution is 0.154. The summed E-state index contributed by atoms with van der Waals surface area (Å²) in [4.78, 5) is 0. The van der Waals surface area contributed by atoms with Gasteiger partial charge in [-0.15, -0.1) is 0 Å². The molecule has 0 fully saturated rings. The quantitative estimate of drug-likeness (QED) is 0.651. The Hall–Kier alpha value is -0.960. The Balaban J connectivity index is 2.32. The molecule has 1 aliphatic rings. The Kier molecular flexibility index (Phi) is 5.39. The van der Waals surface area contributed by atoms with Crippen molar-refractivity contribution in [2.45, 2.75) is 39.7 Å². The minimum Gasteiger partial charge on any atom is -0.489 e. The van der Waals surface area contributed by atoms with E-state index in [0.717, 1.165) is 31.0 Å². The van der Waals surface area contributed by atoms with Gasteiger partial charge in [-0.05, 0) is 45.9 Å². The molecule has 0 radical (unpaired) electrons. The molecule has 0 aromatic carbocycles. The van der Waals surface area contributed by atoms with Gasteiger partial charge in [-0.3, -0.25) is 0 Å². The Morgan fingerprint density at radius 1 is 1.38 bits per heavy atom. The summed E-state index contributed by atoms with van der Waals surface area (Å²) in [5.74, 6) is 1.29. The third-order valence-corrected chi connectivity index (χ3v) is 2.49. The topological polar surface area (TPSA) is 47.3 Å². The smallest absolute Gasteiger partial charge is 0.138 e. The Labute approximate surface area is 98.7 Å². The Morgan fingerprint density at radius 2 is 2.12 bits per heavy atom. The number of nitrogens with two attached hydrogens (primary N) is 1. The highest BCUT2D eigenvalue weighted by molar-refractivity contribution is 5.32. The van der Waals surface area contributed by atoms with Crippen LogP contribution < -0.4 is 11.1 Å². The normalized spacial score (nSPS) is 19.9. The lowest BCUT2D eigenvalue weighted by atomic mass is 10.1. The molecule has 0 aliphatic heterocycles. The molecule has 1 atom stereocenters. The molecule has 0 saturated heterocycles. The van der Waals surface area contributed by atoms with Gasteiger partial charge in [0.05, 0.1) is 11.8 Å². The maximum absolute atomic E-state index is 5.90. The molecular formula is C13H24N2O. The molecule has 0 aromatic heterocycles. The minimum absolute atomic E-state index is 0.190. The largest absolute Gasteiger partial charge is 0.489 e. The van der Waals surface area contributed by atoms with E-state index in [1.807, 2.05) is 13.8 Å². The SMILES string of the molecule is CCCNCCC1C=C(N)C(OC(C)C)=C1. The first-order valence-electron chi connectivity index (χ1n) is 6.20. The standard InChI is InChI=1S/C13H24N2O/c1-4-6-15-7-5-11-8-12(14)13(9-11)16-10(2)3/h8-11,15H,4-7,14H2,1-3H3. The number of hydrogen-bond acceptors (Lipinski definition) is 3. The average molecular weight is 224 g/mol. The molecule has 1 rings (SSSR count). The third kappa shape index (κ3) is 4.27. The van der Waals surface area contributed by atoms with Gasteiger partial charge in [0, 0.05) is 5.92 Å². The van der Waals surface area contributed by atoms with Crippen molar-refractivity contribution in [1.29, 1.82) is 0 Å². The summed E-state index contributed by atoms with van der Waals surface area (Å²) in [6.45, 7) is 8.34. The van der Waals surface area contributed by atoms with Crippen molar-refractivity contribution in [2.24, 2.45) is 11.7 Å². The molecule has 1 unspecified atom stereocenters. The summed E-state index contributed by atoms with van der Waals surface area (Å²) in [6.07, 6.45) is 6.68. The molecule has 92 valence electrons. The van der Waals surface area contributed by atoms with Crippen molar-refractivity contribution < 1.29 is 4.74 Å². The van der Waals surface area contributed by atoms with Crippen molar-refractivity contribution in [2.75, 3.05) is 13.1 Å². The highest BCUT2D eigenvalue weighted by Gasteiger charge is 2.16. The summed E-state index contributed by atoms with van der Waals surface area (Å²) in [5, 5.41) is 3.39. The fourth-order valence-corrected chi connectivity index (χ4v) is 1.75. The van der Waals surface area contributed by atoms with Gasteiger partial charge in [0.2, 0.25) is 0 Å². The predicted octanol–water partition coefficient (Wildman–Crippen LogP) is 2.16.